The fourth-order valence-electron chi connectivity index (χ4n) is 0.777. The minimum Gasteiger partial charge on any atom is -0.298 e. The molecule has 0 amide bonds. The summed E-state index contributed by atoms with van der Waals surface area (Å²) in [5.41, 5.74) is -0.693. The summed E-state index contributed by atoms with van der Waals surface area (Å²) in [4.78, 5) is 10.2. The average Bonchev–Trinajstić information content (AvgIpc) is 2.09. The Kier molecular flexibility index (Phi) is 2.15. The van der Waals surface area contributed by atoms with Crippen molar-refractivity contribution in [3.63, 3.8) is 0 Å². The first-order valence-corrected chi connectivity index (χ1v) is 3.04. The summed E-state index contributed by atoms with van der Waals surface area (Å²) < 4.78 is 25.1. The molecule has 0 atom stereocenters. The number of rotatable bonds is 1. The predicted octanol–water partition coefficient (Wildman–Crippen LogP) is 1.65. The molecule has 0 aliphatic rings. The molecule has 1 rings (SSSR count). The van der Waals surface area contributed by atoms with Gasteiger partial charge in [-0.3, -0.25) is 4.79 Å². The molecule has 4 heteroatoms. The Morgan fingerprint density at radius 3 is 2.58 bits per heavy atom. The van der Waals surface area contributed by atoms with Crippen molar-refractivity contribution in [2.45, 2.75) is 0 Å². The number of carbonyl (C=O) groups excluding carboxylic acids is 1. The van der Waals surface area contributed by atoms with Gasteiger partial charge in [0.2, 0.25) is 0 Å². The highest BCUT2D eigenvalue weighted by Gasteiger charge is 2.11. The van der Waals surface area contributed by atoms with E-state index >= 15 is 0 Å². The Morgan fingerprint density at radius 2 is 2.08 bits per heavy atom. The summed E-state index contributed by atoms with van der Waals surface area (Å²) in [6, 6.07) is 3.27. The molecule has 0 aliphatic carbocycles. The van der Waals surface area contributed by atoms with Crippen molar-refractivity contribution in [3.05, 3.63) is 34.9 Å². The third kappa shape index (κ3) is 1.17. The van der Waals surface area contributed by atoms with Gasteiger partial charge in [-0.05, 0) is 12.1 Å². The van der Waals surface area contributed by atoms with Gasteiger partial charge in [0, 0.05) is 5.56 Å². The minimum atomic E-state index is -1.28. The molecule has 12 heavy (non-hydrogen) atoms. The second-order valence-electron chi connectivity index (χ2n) is 2.06. The van der Waals surface area contributed by atoms with Gasteiger partial charge in [-0.25, -0.2) is 8.78 Å². The molecule has 0 aliphatic heterocycles. The van der Waals surface area contributed by atoms with Gasteiger partial charge in [-0.1, -0.05) is 0 Å². The van der Waals surface area contributed by atoms with Gasteiger partial charge >= 0.3 is 0 Å². The number of nitriles is 1. The largest absolute Gasteiger partial charge is 0.298 e. The molecule has 2 nitrogen and oxygen atoms in total. The lowest BCUT2D eigenvalue weighted by molar-refractivity contribution is 0.112. The second-order valence-corrected chi connectivity index (χ2v) is 2.06. The fourth-order valence-corrected chi connectivity index (χ4v) is 0.777. The second kappa shape index (κ2) is 3.09. The molecule has 0 N–H and O–H groups in total. The van der Waals surface area contributed by atoms with E-state index in [9.17, 15) is 13.6 Å². The Hall–Kier alpha value is -1.76. The first kappa shape index (κ1) is 8.34. The van der Waals surface area contributed by atoms with Crippen LogP contribution in [0.4, 0.5) is 8.78 Å². The van der Waals surface area contributed by atoms with Crippen LogP contribution in [0.25, 0.3) is 0 Å². The van der Waals surface area contributed by atoms with Crippen LogP contribution in [0.3, 0.4) is 0 Å². The van der Waals surface area contributed by atoms with E-state index in [1.165, 1.54) is 6.07 Å². The summed E-state index contributed by atoms with van der Waals surface area (Å²) >= 11 is 0. The number of benzene rings is 1. The van der Waals surface area contributed by atoms with Gasteiger partial charge in [0.25, 0.3) is 0 Å². The van der Waals surface area contributed by atoms with E-state index in [-0.39, 0.29) is 5.56 Å². The molecule has 0 spiro atoms. The van der Waals surface area contributed by atoms with E-state index in [0.717, 1.165) is 12.1 Å². The maximum absolute atomic E-state index is 12.7. The van der Waals surface area contributed by atoms with E-state index < -0.39 is 17.2 Å². The number of hydrogen-bond acceptors (Lipinski definition) is 2. The van der Waals surface area contributed by atoms with Gasteiger partial charge in [0.05, 0.1) is 0 Å². The van der Waals surface area contributed by atoms with Gasteiger partial charge in [0.15, 0.2) is 17.9 Å². The fraction of sp³-hybridized carbons (Fsp3) is 0. The van der Waals surface area contributed by atoms with E-state index in [2.05, 4.69) is 0 Å². The monoisotopic (exact) mass is 167 g/mol. The van der Waals surface area contributed by atoms with Gasteiger partial charge in [0.1, 0.15) is 11.6 Å². The SMILES string of the molecule is N#Cc1c(C=O)ccc(F)c1F. The molecule has 1 aromatic carbocycles. The third-order valence-electron chi connectivity index (χ3n) is 1.37. The van der Waals surface area contributed by atoms with Gasteiger partial charge < -0.3 is 0 Å². The van der Waals surface area contributed by atoms with E-state index in [4.69, 9.17) is 5.26 Å². The van der Waals surface area contributed by atoms with Crippen molar-refractivity contribution in [3.8, 4) is 6.07 Å². The highest BCUT2D eigenvalue weighted by atomic mass is 19.2. The smallest absolute Gasteiger partial charge is 0.177 e. The van der Waals surface area contributed by atoms with Crippen LogP contribution >= 0.6 is 0 Å². The highest BCUT2D eigenvalue weighted by Crippen LogP contribution is 2.13. The number of hydrogen-bond donors (Lipinski definition) is 0. The van der Waals surface area contributed by atoms with Crippen LogP contribution in [0.15, 0.2) is 12.1 Å². The van der Waals surface area contributed by atoms with Crippen LogP contribution in [0.1, 0.15) is 15.9 Å². The number of aldehydes is 1. The maximum Gasteiger partial charge on any atom is 0.177 e. The maximum atomic E-state index is 12.7. The molecule has 0 fully saturated rings. The predicted molar refractivity (Wildman–Crippen MR) is 36.5 cm³/mol. The number of carbonyl (C=O) groups is 1. The summed E-state index contributed by atoms with van der Waals surface area (Å²) in [5, 5.41) is 8.34. The Morgan fingerprint density at radius 1 is 1.42 bits per heavy atom. The molecule has 0 aromatic heterocycles. The van der Waals surface area contributed by atoms with Crippen molar-refractivity contribution >= 4 is 6.29 Å². The molecule has 0 heterocycles. The summed E-state index contributed by atoms with van der Waals surface area (Å²) in [6.45, 7) is 0. The van der Waals surface area contributed by atoms with Crippen LogP contribution in [0.2, 0.25) is 0 Å². The molecule has 1 aromatic rings. The highest BCUT2D eigenvalue weighted by molar-refractivity contribution is 5.79. The molecule has 0 saturated carbocycles. The van der Waals surface area contributed by atoms with E-state index in [0.29, 0.717) is 6.29 Å². The lowest BCUT2D eigenvalue weighted by Crippen LogP contribution is -1.95. The third-order valence-corrected chi connectivity index (χ3v) is 1.37. The van der Waals surface area contributed by atoms with Crippen molar-refractivity contribution in [2.24, 2.45) is 0 Å². The summed E-state index contributed by atoms with van der Waals surface area (Å²) in [5.74, 6) is -2.40. The lowest BCUT2D eigenvalue weighted by Gasteiger charge is -1.96. The molecular formula is C8H3F2NO. The van der Waals surface area contributed by atoms with Crippen LogP contribution in [0, 0.1) is 23.0 Å². The van der Waals surface area contributed by atoms with Crippen LogP contribution < -0.4 is 0 Å². The number of nitrogens with zero attached hydrogens (tertiary/aromatic N) is 1. The van der Waals surface area contributed by atoms with Gasteiger partial charge in [-0.15, -0.1) is 0 Å². The Balaban J connectivity index is 3.48. The van der Waals surface area contributed by atoms with Crippen molar-refractivity contribution in [1.82, 2.24) is 0 Å². The zero-order chi connectivity index (χ0) is 9.14. The lowest BCUT2D eigenvalue weighted by atomic mass is 10.1. The quantitative estimate of drug-likeness (QED) is 0.596. The summed E-state index contributed by atoms with van der Waals surface area (Å²) in [7, 11) is 0. The molecule has 60 valence electrons. The average molecular weight is 167 g/mol. The van der Waals surface area contributed by atoms with Crippen LogP contribution in [-0.4, -0.2) is 6.29 Å². The zero-order valence-corrected chi connectivity index (χ0v) is 5.84. The number of halogens is 2. The van der Waals surface area contributed by atoms with E-state index in [1.54, 1.807) is 0 Å². The molecule has 0 saturated heterocycles. The van der Waals surface area contributed by atoms with Crippen LogP contribution in [-0.2, 0) is 0 Å². The van der Waals surface area contributed by atoms with Crippen molar-refractivity contribution in [1.29, 1.82) is 5.26 Å². The molecule has 0 bridgehead atoms. The van der Waals surface area contributed by atoms with Crippen molar-refractivity contribution < 1.29 is 13.6 Å². The zero-order valence-electron chi connectivity index (χ0n) is 5.84. The Bertz CT molecular complexity index is 368. The first-order chi connectivity index (χ1) is 5.70. The Labute approximate surface area is 67.0 Å². The topological polar surface area (TPSA) is 40.9 Å². The van der Waals surface area contributed by atoms with Gasteiger partial charge in [-0.2, -0.15) is 5.26 Å². The van der Waals surface area contributed by atoms with Crippen LogP contribution in [0.5, 0.6) is 0 Å². The first-order valence-electron chi connectivity index (χ1n) is 3.04. The summed E-state index contributed by atoms with van der Waals surface area (Å²) in [6.07, 6.45) is 0.307. The molecular weight excluding hydrogens is 164 g/mol. The standard InChI is InChI=1S/C8H3F2NO/c9-7-2-1-5(4-12)6(3-11)8(7)10/h1-2,4H. The normalized spacial score (nSPS) is 9.08. The van der Waals surface area contributed by atoms with E-state index in [1.807, 2.05) is 0 Å². The molecule has 0 unspecified atom stereocenters. The molecule has 0 radical (unpaired) electrons. The van der Waals surface area contributed by atoms with Crippen molar-refractivity contribution in [2.75, 3.05) is 0 Å². The minimum absolute atomic E-state index is 0.142.